The second kappa shape index (κ2) is 9.40. The molecule has 0 saturated carbocycles. The van der Waals surface area contributed by atoms with Crippen LogP contribution in [0.3, 0.4) is 0 Å². The summed E-state index contributed by atoms with van der Waals surface area (Å²) in [5.74, 6) is 1.90. The van der Waals surface area contributed by atoms with E-state index in [1.807, 2.05) is 41.3 Å². The van der Waals surface area contributed by atoms with Gasteiger partial charge in [-0.25, -0.2) is 8.42 Å². The minimum atomic E-state index is -3.45. The van der Waals surface area contributed by atoms with E-state index in [4.69, 9.17) is 4.74 Å². The molecule has 0 spiro atoms. The van der Waals surface area contributed by atoms with Gasteiger partial charge in [-0.2, -0.15) is 4.31 Å². The SMILES string of the molecule is CC(=O)N1C[C@@H](COc2ccccc2)[C@H](C2CCN(S(=O)(=O)c3ccccc3)CC2)C1. The molecule has 2 heterocycles. The van der Waals surface area contributed by atoms with Gasteiger partial charge in [0.25, 0.3) is 0 Å². The molecule has 2 saturated heterocycles. The molecule has 0 radical (unpaired) electrons. The fourth-order valence-electron chi connectivity index (χ4n) is 4.87. The summed E-state index contributed by atoms with van der Waals surface area (Å²) in [5, 5.41) is 0. The minimum absolute atomic E-state index is 0.0938. The van der Waals surface area contributed by atoms with Crippen molar-refractivity contribution in [2.45, 2.75) is 24.7 Å². The van der Waals surface area contributed by atoms with E-state index < -0.39 is 10.0 Å². The predicted octanol–water partition coefficient (Wildman–Crippen LogP) is 3.26. The molecule has 2 aliphatic rings. The van der Waals surface area contributed by atoms with Crippen molar-refractivity contribution in [3.05, 3.63) is 60.7 Å². The second-order valence-corrected chi connectivity index (χ2v) is 10.5. The Bertz CT molecular complexity index is 973. The van der Waals surface area contributed by atoms with Crippen molar-refractivity contribution in [2.24, 2.45) is 17.8 Å². The maximum atomic E-state index is 12.9. The normalized spacial score (nSPS) is 23.1. The molecule has 0 aliphatic carbocycles. The molecule has 0 N–H and O–H groups in total. The average Bonchev–Trinajstić information content (AvgIpc) is 3.24. The van der Waals surface area contributed by atoms with Gasteiger partial charge in [-0.1, -0.05) is 36.4 Å². The van der Waals surface area contributed by atoms with E-state index >= 15 is 0 Å². The van der Waals surface area contributed by atoms with E-state index in [1.54, 1.807) is 35.5 Å². The highest BCUT2D eigenvalue weighted by Gasteiger charge is 2.41. The third-order valence-electron chi connectivity index (χ3n) is 6.63. The molecule has 31 heavy (non-hydrogen) atoms. The number of sulfonamides is 1. The fraction of sp³-hybridized carbons (Fsp3) is 0.458. The van der Waals surface area contributed by atoms with E-state index in [0.717, 1.165) is 25.1 Å². The monoisotopic (exact) mass is 442 g/mol. The Morgan fingerprint density at radius 3 is 2.19 bits per heavy atom. The summed E-state index contributed by atoms with van der Waals surface area (Å²) in [5.41, 5.74) is 0. The number of ether oxygens (including phenoxy) is 1. The summed E-state index contributed by atoms with van der Waals surface area (Å²) < 4.78 is 33.5. The predicted molar refractivity (Wildman–Crippen MR) is 119 cm³/mol. The van der Waals surface area contributed by atoms with Crippen molar-refractivity contribution in [3.63, 3.8) is 0 Å². The lowest BCUT2D eigenvalue weighted by atomic mass is 9.79. The number of para-hydroxylation sites is 1. The quantitative estimate of drug-likeness (QED) is 0.689. The molecule has 2 atom stereocenters. The van der Waals surface area contributed by atoms with Crippen molar-refractivity contribution in [1.29, 1.82) is 0 Å². The largest absolute Gasteiger partial charge is 0.493 e. The third-order valence-corrected chi connectivity index (χ3v) is 8.54. The highest BCUT2D eigenvalue weighted by atomic mass is 32.2. The summed E-state index contributed by atoms with van der Waals surface area (Å²) in [7, 11) is -3.45. The molecule has 2 aromatic rings. The van der Waals surface area contributed by atoms with Gasteiger partial charge in [0.2, 0.25) is 15.9 Å². The lowest BCUT2D eigenvalue weighted by Crippen LogP contribution is -2.41. The van der Waals surface area contributed by atoms with E-state index in [0.29, 0.717) is 43.0 Å². The molecule has 0 unspecified atom stereocenters. The topological polar surface area (TPSA) is 66.9 Å². The summed E-state index contributed by atoms with van der Waals surface area (Å²) in [6.07, 6.45) is 1.62. The van der Waals surface area contributed by atoms with Crippen molar-refractivity contribution < 1.29 is 17.9 Å². The van der Waals surface area contributed by atoms with Crippen molar-refractivity contribution in [1.82, 2.24) is 9.21 Å². The number of amides is 1. The summed E-state index contributed by atoms with van der Waals surface area (Å²) in [6.45, 7) is 4.66. The van der Waals surface area contributed by atoms with Crippen LogP contribution in [0, 0.1) is 17.8 Å². The number of rotatable bonds is 6. The molecule has 0 aromatic heterocycles. The first kappa shape index (κ1) is 21.8. The highest BCUT2D eigenvalue weighted by Crippen LogP contribution is 2.37. The Morgan fingerprint density at radius 1 is 0.968 bits per heavy atom. The fourth-order valence-corrected chi connectivity index (χ4v) is 6.36. The van der Waals surface area contributed by atoms with Crippen LogP contribution in [-0.4, -0.2) is 56.3 Å². The van der Waals surface area contributed by atoms with Crippen molar-refractivity contribution in [2.75, 3.05) is 32.8 Å². The van der Waals surface area contributed by atoms with Crippen LogP contribution in [0.15, 0.2) is 65.6 Å². The van der Waals surface area contributed by atoms with Crippen LogP contribution in [0.2, 0.25) is 0 Å². The first-order chi connectivity index (χ1) is 14.9. The van der Waals surface area contributed by atoms with E-state index in [1.165, 1.54) is 0 Å². The van der Waals surface area contributed by atoms with Gasteiger partial charge in [0, 0.05) is 39.0 Å². The summed E-state index contributed by atoms with van der Waals surface area (Å²) >= 11 is 0. The second-order valence-electron chi connectivity index (χ2n) is 8.53. The van der Waals surface area contributed by atoms with Crippen LogP contribution in [-0.2, 0) is 14.8 Å². The molecule has 166 valence electrons. The summed E-state index contributed by atoms with van der Waals surface area (Å²) in [4.78, 5) is 14.3. The molecular weight excluding hydrogens is 412 g/mol. The third kappa shape index (κ3) is 4.93. The Labute approximate surface area is 184 Å². The number of benzene rings is 2. The Balaban J connectivity index is 1.41. The smallest absolute Gasteiger partial charge is 0.243 e. The number of carbonyl (C=O) groups excluding carboxylic acids is 1. The van der Waals surface area contributed by atoms with E-state index in [2.05, 4.69) is 0 Å². The molecule has 2 fully saturated rings. The van der Waals surface area contributed by atoms with Gasteiger partial charge in [0.1, 0.15) is 5.75 Å². The number of nitrogens with zero attached hydrogens (tertiary/aromatic N) is 2. The lowest BCUT2D eigenvalue weighted by molar-refractivity contribution is -0.128. The van der Waals surface area contributed by atoms with Crippen LogP contribution in [0.4, 0.5) is 0 Å². The van der Waals surface area contributed by atoms with Crippen LogP contribution < -0.4 is 4.74 Å². The van der Waals surface area contributed by atoms with Crippen LogP contribution >= 0.6 is 0 Å². The minimum Gasteiger partial charge on any atom is -0.493 e. The van der Waals surface area contributed by atoms with Crippen molar-refractivity contribution >= 4 is 15.9 Å². The van der Waals surface area contributed by atoms with Crippen LogP contribution in [0.5, 0.6) is 5.75 Å². The van der Waals surface area contributed by atoms with Gasteiger partial charge >= 0.3 is 0 Å². The van der Waals surface area contributed by atoms with Gasteiger partial charge in [-0.05, 0) is 48.9 Å². The van der Waals surface area contributed by atoms with Crippen LogP contribution in [0.25, 0.3) is 0 Å². The molecule has 0 bridgehead atoms. The summed E-state index contributed by atoms with van der Waals surface area (Å²) in [6, 6.07) is 18.4. The maximum absolute atomic E-state index is 12.9. The zero-order valence-electron chi connectivity index (χ0n) is 17.9. The number of hydrogen-bond acceptors (Lipinski definition) is 4. The molecule has 2 aliphatic heterocycles. The molecule has 1 amide bonds. The van der Waals surface area contributed by atoms with Gasteiger partial charge < -0.3 is 9.64 Å². The van der Waals surface area contributed by atoms with Gasteiger partial charge in [0.05, 0.1) is 11.5 Å². The molecule has 7 heteroatoms. The zero-order chi connectivity index (χ0) is 21.8. The van der Waals surface area contributed by atoms with E-state index in [9.17, 15) is 13.2 Å². The van der Waals surface area contributed by atoms with Gasteiger partial charge in [-0.3, -0.25) is 4.79 Å². The zero-order valence-corrected chi connectivity index (χ0v) is 18.7. The Morgan fingerprint density at radius 2 is 1.58 bits per heavy atom. The van der Waals surface area contributed by atoms with Crippen molar-refractivity contribution in [3.8, 4) is 5.75 Å². The number of likely N-dealkylation sites (tertiary alicyclic amines) is 1. The first-order valence-electron chi connectivity index (χ1n) is 10.9. The van der Waals surface area contributed by atoms with Crippen LogP contribution in [0.1, 0.15) is 19.8 Å². The molecule has 2 aromatic carbocycles. The van der Waals surface area contributed by atoms with E-state index in [-0.39, 0.29) is 11.8 Å². The lowest BCUT2D eigenvalue weighted by Gasteiger charge is -2.35. The maximum Gasteiger partial charge on any atom is 0.243 e. The molecule has 4 rings (SSSR count). The number of carbonyl (C=O) groups is 1. The number of hydrogen-bond donors (Lipinski definition) is 0. The number of piperidine rings is 1. The molecule has 6 nitrogen and oxygen atoms in total. The molecular formula is C24H30N2O4S. The Hall–Kier alpha value is -2.38. The average molecular weight is 443 g/mol. The highest BCUT2D eigenvalue weighted by molar-refractivity contribution is 7.89. The first-order valence-corrected chi connectivity index (χ1v) is 12.4. The Kier molecular flexibility index (Phi) is 6.62. The van der Waals surface area contributed by atoms with Gasteiger partial charge in [0.15, 0.2) is 0 Å². The standard InChI is InChI=1S/C24H30N2O4S/c1-19(27)25-16-21(18-30-22-8-4-2-5-9-22)24(17-25)20-12-14-26(15-13-20)31(28,29)23-10-6-3-7-11-23/h2-11,20-21,24H,12-18H2,1H3/t21-,24-/m0/s1. The van der Waals surface area contributed by atoms with Gasteiger partial charge in [-0.15, -0.1) is 0 Å².